The van der Waals surface area contributed by atoms with Crippen LogP contribution in [0, 0.1) is 11.8 Å². The van der Waals surface area contributed by atoms with Crippen molar-refractivity contribution >= 4 is 34.6 Å². The van der Waals surface area contributed by atoms with Gasteiger partial charge in [0.25, 0.3) is 0 Å². The zero-order valence-corrected chi connectivity index (χ0v) is 34.6. The lowest BCUT2D eigenvalue weighted by atomic mass is 9.81. The molecule has 0 atom stereocenters. The highest BCUT2D eigenvalue weighted by atomic mass is 35.5. The third-order valence-corrected chi connectivity index (χ3v) is 11.6. The number of benzene rings is 4. The third kappa shape index (κ3) is 8.55. The maximum Gasteiger partial charge on any atom is 0.229 e. The summed E-state index contributed by atoms with van der Waals surface area (Å²) in [5.41, 5.74) is 11.2. The van der Waals surface area contributed by atoms with E-state index in [1.165, 1.54) is 33.9 Å². The van der Waals surface area contributed by atoms with Crippen LogP contribution in [0.15, 0.2) is 133 Å². The Morgan fingerprint density at radius 3 is 2.19 bits per heavy atom. The second-order valence-electron chi connectivity index (χ2n) is 16.0. The van der Waals surface area contributed by atoms with Crippen molar-refractivity contribution in [3.63, 3.8) is 0 Å². The first-order valence-corrected chi connectivity index (χ1v) is 20.0. The molecular weight excluding hydrogens is 724 g/mol. The zero-order valence-electron chi connectivity index (χ0n) is 33.8. The van der Waals surface area contributed by atoms with E-state index in [9.17, 15) is 9.59 Å². The number of fused-ring (bicyclic) bond motifs is 4. The molecule has 0 aromatic heterocycles. The number of allylic oxidation sites excluding steroid dienone is 6. The van der Waals surface area contributed by atoms with Crippen LogP contribution in [0.1, 0.15) is 87.6 Å². The molecule has 3 aliphatic rings. The van der Waals surface area contributed by atoms with Crippen molar-refractivity contribution in [2.45, 2.75) is 77.2 Å². The van der Waals surface area contributed by atoms with Crippen molar-refractivity contribution in [1.29, 1.82) is 0 Å². The van der Waals surface area contributed by atoms with Crippen LogP contribution >= 0.6 is 0 Å². The van der Waals surface area contributed by atoms with Gasteiger partial charge in [-0.25, -0.2) is 0 Å². The Morgan fingerprint density at radius 2 is 1.40 bits per heavy atom. The summed E-state index contributed by atoms with van der Waals surface area (Å²) < 4.78 is 2.30. The van der Waals surface area contributed by atoms with Gasteiger partial charge < -0.3 is 27.5 Å². The minimum absolute atomic E-state index is 0. The molecule has 0 radical (unpaired) electrons. The highest BCUT2D eigenvalue weighted by Crippen LogP contribution is 2.47. The van der Waals surface area contributed by atoms with Gasteiger partial charge in [-0.05, 0) is 68.2 Å². The van der Waals surface area contributed by atoms with Crippen LogP contribution < -0.4 is 27.5 Å². The molecule has 4 aromatic rings. The summed E-state index contributed by atoms with van der Waals surface area (Å²) in [6.07, 6.45) is 14.3. The molecule has 3 aliphatic heterocycles. The molecule has 4 aromatic carbocycles. The summed E-state index contributed by atoms with van der Waals surface area (Å²) in [5.74, 6) is 6.46. The maximum absolute atomic E-state index is 13.5. The largest absolute Gasteiger partial charge is 1.00 e. The van der Waals surface area contributed by atoms with Gasteiger partial charge in [0.2, 0.25) is 17.5 Å². The molecule has 7 rings (SSSR count). The number of hydrogen-bond acceptors (Lipinski definition) is 3. The number of halogens is 1. The molecule has 1 N–H and O–H groups in total. The fraction of sp³-hybridized carbons (Fsp3) is 0.300. The predicted molar refractivity (Wildman–Crippen MR) is 230 cm³/mol. The van der Waals surface area contributed by atoms with E-state index in [4.69, 9.17) is 0 Å². The average Bonchev–Trinajstić information content (AvgIpc) is 3.52. The Kier molecular flexibility index (Phi) is 12.7. The summed E-state index contributed by atoms with van der Waals surface area (Å²) in [6.45, 7) is 10.8. The number of nitrogens with zero attached hydrogens (tertiary/aromatic N) is 3. The molecule has 0 spiro atoms. The van der Waals surface area contributed by atoms with Crippen LogP contribution in [0.5, 0.6) is 0 Å². The SMILES string of the molecule is C[N+]1=C(/C=C/C=C/C=C2/N(CCCCCC(=O)NCCC(=O)N3Cc4ccccc4C#Cc4ccccc43)c3ccccc3C2(C)C)C(C)(C)c2ccccc21.[Cl-]. The van der Waals surface area contributed by atoms with Gasteiger partial charge >= 0.3 is 0 Å². The van der Waals surface area contributed by atoms with Crippen LogP contribution in [0.2, 0.25) is 0 Å². The Labute approximate surface area is 345 Å². The van der Waals surface area contributed by atoms with Gasteiger partial charge in [-0.1, -0.05) is 117 Å². The minimum atomic E-state index is -0.128. The lowest BCUT2D eigenvalue weighted by molar-refractivity contribution is -0.401. The number of unbranched alkanes of at least 4 members (excludes halogenated alkanes) is 2. The molecular formula is C50H53ClN4O2. The molecule has 7 heteroatoms. The smallest absolute Gasteiger partial charge is 0.229 e. The molecule has 0 unspecified atom stereocenters. The molecule has 6 nitrogen and oxygen atoms in total. The number of para-hydroxylation sites is 3. The number of amides is 2. The molecule has 292 valence electrons. The number of rotatable bonds is 12. The third-order valence-electron chi connectivity index (χ3n) is 11.6. The Bertz CT molecular complexity index is 2340. The van der Waals surface area contributed by atoms with Gasteiger partial charge in [-0.2, -0.15) is 4.58 Å². The fourth-order valence-electron chi connectivity index (χ4n) is 8.51. The second-order valence-corrected chi connectivity index (χ2v) is 16.0. The fourth-order valence-corrected chi connectivity index (χ4v) is 8.51. The molecule has 0 fully saturated rings. The molecule has 2 amide bonds. The lowest BCUT2D eigenvalue weighted by Gasteiger charge is -2.27. The molecule has 57 heavy (non-hydrogen) atoms. The number of nitrogens with one attached hydrogen (secondary N) is 1. The van der Waals surface area contributed by atoms with Crippen LogP contribution in [0.4, 0.5) is 17.1 Å². The van der Waals surface area contributed by atoms with Gasteiger partial charge in [0.15, 0.2) is 5.71 Å². The van der Waals surface area contributed by atoms with Crippen LogP contribution in [0.3, 0.4) is 0 Å². The quantitative estimate of drug-likeness (QED) is 0.0774. The molecule has 3 heterocycles. The topological polar surface area (TPSA) is 55.7 Å². The van der Waals surface area contributed by atoms with Gasteiger partial charge in [0.05, 0.1) is 17.6 Å². The standard InChI is InChI=1S/C50H52N4O2.ClH/c1-49(2)40-23-14-17-26-43(40)52(5)45(49)28-8-6-9-29-46-50(3,4)41-24-15-18-27-44(41)53(46)35-19-7-10-30-47(55)51-34-33-48(56)54-36-39-22-12-11-20-37(39)31-32-38-21-13-16-25-42(38)54;/h6,8-9,11-18,20-29H,7,10,19,30,33-36H2,1-5H3;1H. The van der Waals surface area contributed by atoms with Crippen LogP contribution in [0.25, 0.3) is 0 Å². The van der Waals surface area contributed by atoms with E-state index in [1.807, 2.05) is 48.5 Å². The van der Waals surface area contributed by atoms with Gasteiger partial charge in [0, 0.05) is 71.6 Å². The minimum Gasteiger partial charge on any atom is -1.00 e. The van der Waals surface area contributed by atoms with Crippen molar-refractivity contribution in [3.8, 4) is 11.8 Å². The number of carbonyl (C=O) groups excluding carboxylic acids is 2. The summed E-state index contributed by atoms with van der Waals surface area (Å²) >= 11 is 0. The maximum atomic E-state index is 13.5. The van der Waals surface area contributed by atoms with Gasteiger partial charge in [-0.15, -0.1) is 0 Å². The normalized spacial score (nSPS) is 16.6. The van der Waals surface area contributed by atoms with E-state index in [-0.39, 0.29) is 41.5 Å². The molecule has 0 saturated heterocycles. The zero-order chi connectivity index (χ0) is 39.3. The first kappa shape index (κ1) is 41.0. The van der Waals surface area contributed by atoms with Crippen LogP contribution in [-0.4, -0.2) is 42.2 Å². The molecule has 0 aliphatic carbocycles. The predicted octanol–water partition coefficient (Wildman–Crippen LogP) is 6.50. The number of anilines is 2. The Balaban J connectivity index is 0.00000549. The van der Waals surface area contributed by atoms with Gasteiger partial charge in [0.1, 0.15) is 7.05 Å². The Morgan fingerprint density at radius 1 is 0.737 bits per heavy atom. The van der Waals surface area contributed by atoms with Crippen molar-refractivity contribution in [2.24, 2.45) is 0 Å². The van der Waals surface area contributed by atoms with E-state index in [2.05, 4.69) is 140 Å². The van der Waals surface area contributed by atoms with E-state index in [0.29, 0.717) is 19.5 Å². The summed E-state index contributed by atoms with van der Waals surface area (Å²) in [5, 5.41) is 3.00. The van der Waals surface area contributed by atoms with Crippen molar-refractivity contribution in [2.75, 3.05) is 29.9 Å². The average molecular weight is 777 g/mol. The van der Waals surface area contributed by atoms with Gasteiger partial charge in [-0.3, -0.25) is 9.59 Å². The molecule has 0 saturated carbocycles. The van der Waals surface area contributed by atoms with Crippen molar-refractivity contribution in [1.82, 2.24) is 5.32 Å². The van der Waals surface area contributed by atoms with Crippen molar-refractivity contribution in [3.05, 3.63) is 161 Å². The second kappa shape index (κ2) is 17.7. The first-order valence-electron chi connectivity index (χ1n) is 20.0. The highest BCUT2D eigenvalue weighted by molar-refractivity contribution is 6.03. The van der Waals surface area contributed by atoms with E-state index < -0.39 is 0 Å². The number of carbonyl (C=O) groups is 2. The Hall–Kier alpha value is -5.64. The summed E-state index contributed by atoms with van der Waals surface area (Å²) in [6, 6.07) is 33.1. The van der Waals surface area contributed by atoms with E-state index in [0.717, 1.165) is 48.2 Å². The van der Waals surface area contributed by atoms with Crippen LogP contribution in [-0.2, 0) is 27.0 Å². The highest BCUT2D eigenvalue weighted by Gasteiger charge is 2.42. The molecule has 0 bridgehead atoms. The van der Waals surface area contributed by atoms with E-state index >= 15 is 0 Å². The summed E-state index contributed by atoms with van der Waals surface area (Å²) in [7, 11) is 2.15. The van der Waals surface area contributed by atoms with E-state index in [1.54, 1.807) is 4.90 Å². The monoisotopic (exact) mass is 776 g/mol. The number of hydrogen-bond donors (Lipinski definition) is 1. The lowest BCUT2D eigenvalue weighted by Crippen LogP contribution is -3.00. The summed E-state index contributed by atoms with van der Waals surface area (Å²) in [4.78, 5) is 30.7. The first-order chi connectivity index (χ1) is 27.1. The van der Waals surface area contributed by atoms with Crippen molar-refractivity contribution < 1.29 is 26.6 Å².